The molecule has 0 amide bonds. The number of alkyl halides is 1. The molecule has 2 aromatic rings. The van der Waals surface area contributed by atoms with Crippen LogP contribution in [0, 0.1) is 0 Å². The molecule has 112 valence electrons. The maximum absolute atomic E-state index is 6.33. The van der Waals surface area contributed by atoms with E-state index in [9.17, 15) is 0 Å². The Morgan fingerprint density at radius 2 is 2.24 bits per heavy atom. The SMILES string of the molecule is ClC[C@@H]1CO[C@@](Cn2ccnc2)(c2ccc(Cl)cc2Cl)O1. The van der Waals surface area contributed by atoms with E-state index in [0.29, 0.717) is 29.1 Å². The summed E-state index contributed by atoms with van der Waals surface area (Å²) < 4.78 is 13.9. The Balaban J connectivity index is 1.99. The van der Waals surface area contributed by atoms with Gasteiger partial charge in [0, 0.05) is 23.0 Å². The van der Waals surface area contributed by atoms with E-state index in [-0.39, 0.29) is 6.10 Å². The summed E-state index contributed by atoms with van der Waals surface area (Å²) in [6, 6.07) is 5.26. The Morgan fingerprint density at radius 3 is 2.86 bits per heavy atom. The van der Waals surface area contributed by atoms with Gasteiger partial charge in [0.1, 0.15) is 0 Å². The highest BCUT2D eigenvalue weighted by Gasteiger charge is 2.44. The molecule has 1 aromatic carbocycles. The fraction of sp³-hybridized carbons (Fsp3) is 0.357. The van der Waals surface area contributed by atoms with Crippen molar-refractivity contribution in [2.24, 2.45) is 0 Å². The Kier molecular flexibility index (Phi) is 4.43. The van der Waals surface area contributed by atoms with Crippen LogP contribution in [0.2, 0.25) is 10.0 Å². The molecule has 3 rings (SSSR count). The molecule has 1 saturated heterocycles. The molecule has 0 unspecified atom stereocenters. The van der Waals surface area contributed by atoms with Gasteiger partial charge in [0.2, 0.25) is 5.79 Å². The Labute approximate surface area is 137 Å². The molecule has 0 spiro atoms. The molecule has 7 heteroatoms. The minimum atomic E-state index is -0.984. The van der Waals surface area contributed by atoms with E-state index in [0.717, 1.165) is 5.56 Å². The van der Waals surface area contributed by atoms with Gasteiger partial charge >= 0.3 is 0 Å². The number of rotatable bonds is 4. The van der Waals surface area contributed by atoms with Gasteiger partial charge in [-0.2, -0.15) is 0 Å². The number of imidazole rings is 1. The van der Waals surface area contributed by atoms with Crippen molar-refractivity contribution in [1.82, 2.24) is 9.55 Å². The highest BCUT2D eigenvalue weighted by molar-refractivity contribution is 6.35. The number of halogens is 3. The van der Waals surface area contributed by atoms with Crippen molar-refractivity contribution in [3.05, 3.63) is 52.5 Å². The molecular formula is C14H13Cl3N2O2. The minimum absolute atomic E-state index is 0.179. The standard InChI is InChI=1S/C14H13Cl3N2O2/c15-6-11-7-20-14(21-11,8-19-4-3-18-9-19)12-2-1-10(16)5-13(12)17/h1-5,9,11H,6-8H2/t11-,14-/m1/s1. The van der Waals surface area contributed by atoms with Gasteiger partial charge in [-0.3, -0.25) is 0 Å². The van der Waals surface area contributed by atoms with Crippen LogP contribution in [0.3, 0.4) is 0 Å². The Bertz CT molecular complexity index is 621. The van der Waals surface area contributed by atoms with E-state index in [1.807, 2.05) is 16.8 Å². The van der Waals surface area contributed by atoms with Crippen LogP contribution in [-0.2, 0) is 21.8 Å². The third-order valence-corrected chi connectivity index (χ3v) is 4.21. The van der Waals surface area contributed by atoms with Crippen LogP contribution in [0.4, 0.5) is 0 Å². The minimum Gasteiger partial charge on any atom is -0.342 e. The van der Waals surface area contributed by atoms with Gasteiger partial charge in [0.25, 0.3) is 0 Å². The van der Waals surface area contributed by atoms with Crippen molar-refractivity contribution in [3.8, 4) is 0 Å². The van der Waals surface area contributed by atoms with Gasteiger partial charge in [-0.05, 0) is 12.1 Å². The zero-order chi connectivity index (χ0) is 14.9. The fourth-order valence-corrected chi connectivity index (χ4v) is 3.07. The van der Waals surface area contributed by atoms with Gasteiger partial charge in [-0.1, -0.05) is 29.3 Å². The number of nitrogens with zero attached hydrogens (tertiary/aromatic N) is 2. The fourth-order valence-electron chi connectivity index (χ4n) is 2.37. The molecule has 0 aliphatic carbocycles. The number of aromatic nitrogens is 2. The van der Waals surface area contributed by atoms with E-state index in [2.05, 4.69) is 4.98 Å². The smallest absolute Gasteiger partial charge is 0.215 e. The van der Waals surface area contributed by atoms with Gasteiger partial charge < -0.3 is 14.0 Å². The molecule has 0 N–H and O–H groups in total. The number of ether oxygens (including phenoxy) is 2. The van der Waals surface area contributed by atoms with Crippen LogP contribution in [0.1, 0.15) is 5.56 Å². The molecule has 4 nitrogen and oxygen atoms in total. The first kappa shape index (κ1) is 15.1. The topological polar surface area (TPSA) is 36.3 Å². The highest BCUT2D eigenvalue weighted by Crippen LogP contribution is 2.40. The Morgan fingerprint density at radius 1 is 1.38 bits per heavy atom. The molecule has 0 saturated carbocycles. The summed E-state index contributed by atoms with van der Waals surface area (Å²) in [6.07, 6.45) is 5.06. The molecule has 0 bridgehead atoms. The molecule has 2 heterocycles. The summed E-state index contributed by atoms with van der Waals surface area (Å²) in [5, 5.41) is 1.06. The third-order valence-electron chi connectivity index (χ3n) is 3.32. The van der Waals surface area contributed by atoms with Crippen LogP contribution < -0.4 is 0 Å². The van der Waals surface area contributed by atoms with Crippen molar-refractivity contribution >= 4 is 34.8 Å². The highest BCUT2D eigenvalue weighted by atomic mass is 35.5. The largest absolute Gasteiger partial charge is 0.342 e. The average molecular weight is 348 g/mol. The van der Waals surface area contributed by atoms with Crippen LogP contribution in [0.25, 0.3) is 0 Å². The number of benzene rings is 1. The Hall–Kier alpha value is -0.780. The second-order valence-corrected chi connectivity index (χ2v) is 5.97. The summed E-state index contributed by atoms with van der Waals surface area (Å²) in [5.74, 6) is -0.626. The van der Waals surface area contributed by atoms with Crippen LogP contribution in [0.15, 0.2) is 36.9 Å². The summed E-state index contributed by atoms with van der Waals surface area (Å²) in [5.41, 5.74) is 0.731. The van der Waals surface area contributed by atoms with E-state index in [1.165, 1.54) is 0 Å². The predicted octanol–water partition coefficient (Wildman–Crippen LogP) is 3.70. The maximum Gasteiger partial charge on any atom is 0.215 e. The first-order chi connectivity index (χ1) is 10.1. The lowest BCUT2D eigenvalue weighted by atomic mass is 10.1. The molecule has 21 heavy (non-hydrogen) atoms. The van der Waals surface area contributed by atoms with Crippen molar-refractivity contribution in [2.45, 2.75) is 18.4 Å². The van der Waals surface area contributed by atoms with Crippen molar-refractivity contribution < 1.29 is 9.47 Å². The quantitative estimate of drug-likeness (QED) is 0.791. The van der Waals surface area contributed by atoms with Crippen LogP contribution >= 0.6 is 34.8 Å². The summed E-state index contributed by atoms with van der Waals surface area (Å²) >= 11 is 18.2. The maximum atomic E-state index is 6.33. The van der Waals surface area contributed by atoms with Crippen molar-refractivity contribution in [2.75, 3.05) is 12.5 Å². The van der Waals surface area contributed by atoms with E-state index < -0.39 is 5.79 Å². The zero-order valence-corrected chi connectivity index (χ0v) is 13.3. The number of hydrogen-bond acceptors (Lipinski definition) is 3. The second kappa shape index (κ2) is 6.15. The van der Waals surface area contributed by atoms with E-state index in [4.69, 9.17) is 44.3 Å². The first-order valence-electron chi connectivity index (χ1n) is 6.42. The monoisotopic (exact) mass is 346 g/mol. The number of hydrogen-bond donors (Lipinski definition) is 0. The third kappa shape index (κ3) is 3.05. The van der Waals surface area contributed by atoms with E-state index in [1.54, 1.807) is 24.7 Å². The van der Waals surface area contributed by atoms with Gasteiger partial charge in [-0.25, -0.2) is 4.98 Å². The zero-order valence-electron chi connectivity index (χ0n) is 11.0. The van der Waals surface area contributed by atoms with Gasteiger partial charge in [0.15, 0.2) is 0 Å². The van der Waals surface area contributed by atoms with Gasteiger partial charge in [-0.15, -0.1) is 11.6 Å². The molecule has 0 radical (unpaired) electrons. The predicted molar refractivity (Wildman–Crippen MR) is 81.9 cm³/mol. The lowest BCUT2D eigenvalue weighted by Gasteiger charge is -2.29. The lowest BCUT2D eigenvalue weighted by molar-refractivity contribution is -0.184. The average Bonchev–Trinajstić information content (AvgIpc) is 3.09. The molecule has 1 fully saturated rings. The van der Waals surface area contributed by atoms with E-state index >= 15 is 0 Å². The molecular weight excluding hydrogens is 335 g/mol. The first-order valence-corrected chi connectivity index (χ1v) is 7.71. The van der Waals surface area contributed by atoms with Crippen molar-refractivity contribution in [1.29, 1.82) is 0 Å². The van der Waals surface area contributed by atoms with Crippen molar-refractivity contribution in [3.63, 3.8) is 0 Å². The molecule has 1 aliphatic rings. The molecule has 2 atom stereocenters. The molecule has 1 aromatic heterocycles. The second-order valence-electron chi connectivity index (χ2n) is 4.82. The normalized spacial score (nSPS) is 25.4. The lowest BCUT2D eigenvalue weighted by Crippen LogP contribution is -2.34. The van der Waals surface area contributed by atoms with Gasteiger partial charge in [0.05, 0.1) is 36.5 Å². The van der Waals surface area contributed by atoms with Crippen LogP contribution in [0.5, 0.6) is 0 Å². The summed E-state index contributed by atoms with van der Waals surface area (Å²) in [6.45, 7) is 0.846. The summed E-state index contributed by atoms with van der Waals surface area (Å²) in [7, 11) is 0. The summed E-state index contributed by atoms with van der Waals surface area (Å²) in [4.78, 5) is 4.04. The molecule has 1 aliphatic heterocycles. The van der Waals surface area contributed by atoms with Crippen LogP contribution in [-0.4, -0.2) is 28.1 Å².